The summed E-state index contributed by atoms with van der Waals surface area (Å²) >= 11 is 1.48. The van der Waals surface area contributed by atoms with Crippen LogP contribution in [0.15, 0.2) is 24.3 Å². The Bertz CT molecular complexity index is 912. The second-order valence-electron chi connectivity index (χ2n) is 9.22. The van der Waals surface area contributed by atoms with Crippen LogP contribution in [0, 0.1) is 5.92 Å². The summed E-state index contributed by atoms with van der Waals surface area (Å²) < 4.78 is 0. The van der Waals surface area contributed by atoms with Crippen LogP contribution in [0.4, 0.5) is 0 Å². The molecule has 0 aromatic heterocycles. The number of benzene rings is 1. The van der Waals surface area contributed by atoms with E-state index in [-0.39, 0.29) is 30.4 Å². The molecule has 1 saturated heterocycles. The molecule has 6 N–H and O–H groups in total. The second-order valence-corrected chi connectivity index (χ2v) is 10.2. The predicted molar refractivity (Wildman–Crippen MR) is 138 cm³/mol. The molecule has 5 unspecified atom stereocenters. The normalized spacial score (nSPS) is 18.7. The zero-order valence-electron chi connectivity index (χ0n) is 21.1. The molecule has 36 heavy (non-hydrogen) atoms. The first-order chi connectivity index (χ1) is 17.1. The standard InChI is InChI=1S/C25H38N4O6S/c1-4-15(2)21(23(32)27-19(25(34)35)11-13-36-3)28-22(31)20-6-5-12-29(20)24(33)18(26)14-16-7-9-17(30)10-8-16/h7-10,15,18-21,30H,4-6,11-14,26H2,1-3H3,(H,27,32)(H,28,31)(H,34,35). The number of likely N-dealkylation sites (tertiary alicyclic amines) is 1. The maximum Gasteiger partial charge on any atom is 0.326 e. The molecule has 0 spiro atoms. The first kappa shape index (κ1) is 29.4. The van der Waals surface area contributed by atoms with Gasteiger partial charge in [0.05, 0.1) is 6.04 Å². The highest BCUT2D eigenvalue weighted by atomic mass is 32.2. The van der Waals surface area contributed by atoms with Gasteiger partial charge in [-0.2, -0.15) is 11.8 Å². The van der Waals surface area contributed by atoms with Crippen molar-refractivity contribution in [1.82, 2.24) is 15.5 Å². The number of phenols is 1. The van der Waals surface area contributed by atoms with Gasteiger partial charge in [-0.1, -0.05) is 32.4 Å². The van der Waals surface area contributed by atoms with E-state index in [9.17, 15) is 29.4 Å². The Hall–Kier alpha value is -2.79. The lowest BCUT2D eigenvalue weighted by atomic mass is 9.97. The fourth-order valence-corrected chi connectivity index (χ4v) is 4.67. The Morgan fingerprint density at radius 1 is 1.19 bits per heavy atom. The lowest BCUT2D eigenvalue weighted by Gasteiger charge is -2.30. The van der Waals surface area contributed by atoms with Crippen LogP contribution in [0.5, 0.6) is 5.75 Å². The molecule has 1 fully saturated rings. The van der Waals surface area contributed by atoms with Gasteiger partial charge < -0.3 is 31.5 Å². The van der Waals surface area contributed by atoms with Gasteiger partial charge in [0.2, 0.25) is 17.7 Å². The summed E-state index contributed by atoms with van der Waals surface area (Å²) in [6.07, 6.45) is 4.05. The van der Waals surface area contributed by atoms with Crippen LogP contribution >= 0.6 is 11.8 Å². The number of hydrogen-bond acceptors (Lipinski definition) is 7. The highest BCUT2D eigenvalue weighted by Crippen LogP contribution is 2.21. The van der Waals surface area contributed by atoms with Crippen molar-refractivity contribution in [2.24, 2.45) is 11.7 Å². The van der Waals surface area contributed by atoms with E-state index in [1.807, 2.05) is 20.1 Å². The molecule has 11 heteroatoms. The zero-order valence-corrected chi connectivity index (χ0v) is 21.9. The minimum Gasteiger partial charge on any atom is -0.508 e. The number of thioether (sulfide) groups is 1. The first-order valence-corrected chi connectivity index (χ1v) is 13.6. The summed E-state index contributed by atoms with van der Waals surface area (Å²) in [7, 11) is 0. The highest BCUT2D eigenvalue weighted by Gasteiger charge is 2.38. The fraction of sp³-hybridized carbons (Fsp3) is 0.600. The quantitative estimate of drug-likeness (QED) is 0.257. The number of carboxylic acid groups (broad SMARTS) is 1. The number of carboxylic acids is 1. The minimum absolute atomic E-state index is 0.119. The molecular weight excluding hydrogens is 484 g/mol. The largest absolute Gasteiger partial charge is 0.508 e. The van der Waals surface area contributed by atoms with Gasteiger partial charge in [0.25, 0.3) is 0 Å². The number of nitrogens with one attached hydrogen (secondary N) is 2. The SMILES string of the molecule is CCC(C)C(NC(=O)C1CCCN1C(=O)C(N)Cc1ccc(O)cc1)C(=O)NC(CCSC)C(=O)O. The molecule has 1 aliphatic rings. The van der Waals surface area contributed by atoms with Crippen molar-refractivity contribution in [2.75, 3.05) is 18.6 Å². The van der Waals surface area contributed by atoms with Crippen molar-refractivity contribution < 1.29 is 29.4 Å². The van der Waals surface area contributed by atoms with E-state index < -0.39 is 42.0 Å². The number of carbonyl (C=O) groups excluding carboxylic acids is 3. The van der Waals surface area contributed by atoms with Crippen LogP contribution in [0.25, 0.3) is 0 Å². The van der Waals surface area contributed by atoms with Gasteiger partial charge in [0, 0.05) is 6.54 Å². The molecular formula is C25H38N4O6S. The Morgan fingerprint density at radius 3 is 2.44 bits per heavy atom. The third-order valence-corrected chi connectivity index (χ3v) is 7.21. The summed E-state index contributed by atoms with van der Waals surface area (Å²) in [5.41, 5.74) is 6.95. The van der Waals surface area contributed by atoms with Gasteiger partial charge >= 0.3 is 5.97 Å². The van der Waals surface area contributed by atoms with Crippen LogP contribution in [0.2, 0.25) is 0 Å². The number of rotatable bonds is 13. The van der Waals surface area contributed by atoms with Gasteiger partial charge in [-0.3, -0.25) is 14.4 Å². The van der Waals surface area contributed by atoms with Crippen LogP contribution in [-0.2, 0) is 25.6 Å². The fourth-order valence-electron chi connectivity index (χ4n) is 4.20. The van der Waals surface area contributed by atoms with Crippen LogP contribution < -0.4 is 16.4 Å². The summed E-state index contributed by atoms with van der Waals surface area (Å²) in [4.78, 5) is 52.4. The van der Waals surface area contributed by atoms with E-state index in [0.717, 1.165) is 5.56 Å². The number of carbonyl (C=O) groups is 4. The third-order valence-electron chi connectivity index (χ3n) is 6.57. The zero-order chi connectivity index (χ0) is 26.8. The van der Waals surface area contributed by atoms with Crippen molar-refractivity contribution in [3.8, 4) is 5.75 Å². The summed E-state index contributed by atoms with van der Waals surface area (Å²) in [6, 6.07) is 2.84. The van der Waals surface area contributed by atoms with Crippen molar-refractivity contribution >= 4 is 35.5 Å². The maximum absolute atomic E-state index is 13.2. The Kier molecular flexibility index (Phi) is 11.5. The second kappa shape index (κ2) is 14.1. The smallest absolute Gasteiger partial charge is 0.326 e. The molecule has 1 heterocycles. The number of hydrogen-bond donors (Lipinski definition) is 5. The minimum atomic E-state index is -1.12. The summed E-state index contributed by atoms with van der Waals surface area (Å²) in [5.74, 6) is -2.03. The molecule has 2 rings (SSSR count). The molecule has 5 atom stereocenters. The number of amides is 3. The average molecular weight is 523 g/mol. The van der Waals surface area contributed by atoms with Crippen molar-refractivity contribution in [2.45, 2.75) is 70.1 Å². The first-order valence-electron chi connectivity index (χ1n) is 12.2. The van der Waals surface area contributed by atoms with Gasteiger partial charge in [-0.05, 0) is 61.3 Å². The van der Waals surface area contributed by atoms with Gasteiger partial charge in [0.1, 0.15) is 23.9 Å². The van der Waals surface area contributed by atoms with E-state index in [1.165, 1.54) is 28.8 Å². The van der Waals surface area contributed by atoms with Crippen LogP contribution in [0.3, 0.4) is 0 Å². The number of nitrogens with two attached hydrogens (primary N) is 1. The Labute approximate surface area is 216 Å². The molecule has 10 nitrogen and oxygen atoms in total. The number of nitrogens with zero attached hydrogens (tertiary/aromatic N) is 1. The van der Waals surface area contributed by atoms with E-state index in [0.29, 0.717) is 31.6 Å². The van der Waals surface area contributed by atoms with Gasteiger partial charge in [-0.25, -0.2) is 4.79 Å². The molecule has 200 valence electrons. The van der Waals surface area contributed by atoms with E-state index in [1.54, 1.807) is 12.1 Å². The van der Waals surface area contributed by atoms with E-state index in [4.69, 9.17) is 5.73 Å². The Balaban J connectivity index is 2.08. The molecule has 1 aliphatic heterocycles. The Morgan fingerprint density at radius 2 is 1.86 bits per heavy atom. The molecule has 3 amide bonds. The molecule has 0 bridgehead atoms. The average Bonchev–Trinajstić information content (AvgIpc) is 3.35. The molecule has 1 aromatic carbocycles. The number of phenolic OH excluding ortho intramolecular Hbond substituents is 1. The lowest BCUT2D eigenvalue weighted by Crippen LogP contribution is -2.58. The van der Waals surface area contributed by atoms with Crippen LogP contribution in [0.1, 0.15) is 45.1 Å². The van der Waals surface area contributed by atoms with Crippen molar-refractivity contribution in [3.63, 3.8) is 0 Å². The van der Waals surface area contributed by atoms with Crippen molar-refractivity contribution in [3.05, 3.63) is 29.8 Å². The maximum atomic E-state index is 13.2. The lowest BCUT2D eigenvalue weighted by molar-refractivity contribution is -0.143. The molecule has 0 aliphatic carbocycles. The van der Waals surface area contributed by atoms with Gasteiger partial charge in [0.15, 0.2) is 0 Å². The molecule has 0 saturated carbocycles. The van der Waals surface area contributed by atoms with Gasteiger partial charge in [-0.15, -0.1) is 0 Å². The summed E-state index contributed by atoms with van der Waals surface area (Å²) in [6.45, 7) is 4.08. The highest BCUT2D eigenvalue weighted by molar-refractivity contribution is 7.98. The van der Waals surface area contributed by atoms with Crippen molar-refractivity contribution in [1.29, 1.82) is 0 Å². The third kappa shape index (κ3) is 8.12. The molecule has 0 radical (unpaired) electrons. The summed E-state index contributed by atoms with van der Waals surface area (Å²) in [5, 5.41) is 24.2. The number of aromatic hydroxyl groups is 1. The number of aliphatic carboxylic acids is 1. The van der Waals surface area contributed by atoms with E-state index >= 15 is 0 Å². The van der Waals surface area contributed by atoms with E-state index in [2.05, 4.69) is 10.6 Å². The monoisotopic (exact) mass is 522 g/mol. The topological polar surface area (TPSA) is 162 Å². The predicted octanol–water partition coefficient (Wildman–Crippen LogP) is 1.11. The molecule has 1 aromatic rings. The van der Waals surface area contributed by atoms with Crippen LogP contribution in [-0.4, -0.2) is 81.5 Å².